The third-order valence-electron chi connectivity index (χ3n) is 1.76. The maximum Gasteiger partial charge on any atom is 0.137 e. The van der Waals surface area contributed by atoms with Gasteiger partial charge in [0.25, 0.3) is 0 Å². The Morgan fingerprint density at radius 3 is 2.79 bits per heavy atom. The van der Waals surface area contributed by atoms with Crippen molar-refractivity contribution in [1.82, 2.24) is 4.98 Å². The molecule has 0 aliphatic heterocycles. The predicted molar refractivity (Wildman–Crippen MR) is 55.6 cm³/mol. The van der Waals surface area contributed by atoms with Crippen LogP contribution in [0.2, 0.25) is 0 Å². The molecule has 14 heavy (non-hydrogen) atoms. The van der Waals surface area contributed by atoms with E-state index in [9.17, 15) is 0 Å². The van der Waals surface area contributed by atoms with E-state index >= 15 is 0 Å². The van der Waals surface area contributed by atoms with Gasteiger partial charge in [0.1, 0.15) is 5.75 Å². The van der Waals surface area contributed by atoms with E-state index in [0.29, 0.717) is 18.2 Å². The summed E-state index contributed by atoms with van der Waals surface area (Å²) in [6, 6.07) is 3.55. The number of ether oxygens (including phenoxy) is 1. The lowest BCUT2D eigenvalue weighted by molar-refractivity contribution is 0.275. The molecular formula is C10H14ClNO2. The average molecular weight is 216 g/mol. The molecule has 1 rings (SSSR count). The highest BCUT2D eigenvalue weighted by Gasteiger charge is 1.95. The van der Waals surface area contributed by atoms with Crippen LogP contribution in [0.4, 0.5) is 0 Å². The summed E-state index contributed by atoms with van der Waals surface area (Å²) in [6.45, 7) is 0.624. The third kappa shape index (κ3) is 3.94. The minimum absolute atomic E-state index is 0.0352. The van der Waals surface area contributed by atoms with Gasteiger partial charge in [-0.2, -0.15) is 0 Å². The van der Waals surface area contributed by atoms with Crippen LogP contribution in [0.3, 0.4) is 0 Å². The van der Waals surface area contributed by atoms with Crippen molar-refractivity contribution < 1.29 is 9.84 Å². The Bertz CT molecular complexity index is 251. The molecule has 0 bridgehead atoms. The first-order valence-corrected chi connectivity index (χ1v) is 5.15. The topological polar surface area (TPSA) is 42.4 Å². The van der Waals surface area contributed by atoms with Crippen LogP contribution >= 0.6 is 11.6 Å². The molecular weight excluding hydrogens is 202 g/mol. The zero-order chi connectivity index (χ0) is 10.2. The van der Waals surface area contributed by atoms with E-state index in [4.69, 9.17) is 21.4 Å². The van der Waals surface area contributed by atoms with Crippen molar-refractivity contribution >= 4 is 11.6 Å². The Balaban J connectivity index is 2.29. The normalized spacial score (nSPS) is 10.1. The number of aromatic nitrogens is 1. The van der Waals surface area contributed by atoms with Crippen LogP contribution in [0.1, 0.15) is 18.5 Å². The van der Waals surface area contributed by atoms with Gasteiger partial charge in [0, 0.05) is 5.88 Å². The van der Waals surface area contributed by atoms with Crippen LogP contribution in [0.15, 0.2) is 18.3 Å². The van der Waals surface area contributed by atoms with Crippen molar-refractivity contribution in [3.63, 3.8) is 0 Å². The maximum atomic E-state index is 8.76. The summed E-state index contributed by atoms with van der Waals surface area (Å²) in [6.07, 6.45) is 3.53. The maximum absolute atomic E-state index is 8.76. The number of unbranched alkanes of at least 4 members (excludes halogenated alkanes) is 1. The molecule has 0 amide bonds. The molecule has 0 unspecified atom stereocenters. The predicted octanol–water partition coefficient (Wildman–Crippen LogP) is 1.97. The van der Waals surface area contributed by atoms with E-state index in [1.165, 1.54) is 0 Å². The van der Waals surface area contributed by atoms with Gasteiger partial charge in [0.2, 0.25) is 0 Å². The zero-order valence-corrected chi connectivity index (χ0v) is 8.70. The average Bonchev–Trinajstić information content (AvgIpc) is 2.25. The fourth-order valence-electron chi connectivity index (χ4n) is 0.976. The van der Waals surface area contributed by atoms with Gasteiger partial charge >= 0.3 is 0 Å². The van der Waals surface area contributed by atoms with Gasteiger partial charge in [-0.3, -0.25) is 4.98 Å². The summed E-state index contributed by atoms with van der Waals surface area (Å²) < 4.78 is 5.40. The Kier molecular flexibility index (Phi) is 5.33. The van der Waals surface area contributed by atoms with E-state index in [1.54, 1.807) is 18.3 Å². The minimum Gasteiger partial charge on any atom is -0.492 e. The van der Waals surface area contributed by atoms with Gasteiger partial charge in [0.15, 0.2) is 0 Å². The fourth-order valence-corrected chi connectivity index (χ4v) is 1.17. The number of pyridine rings is 1. The van der Waals surface area contributed by atoms with Crippen LogP contribution in [-0.4, -0.2) is 22.6 Å². The lowest BCUT2D eigenvalue weighted by atomic mass is 10.3. The van der Waals surface area contributed by atoms with Gasteiger partial charge in [-0.15, -0.1) is 11.6 Å². The van der Waals surface area contributed by atoms with Gasteiger partial charge < -0.3 is 9.84 Å². The van der Waals surface area contributed by atoms with Crippen LogP contribution < -0.4 is 4.74 Å². The number of nitrogens with zero attached hydrogens (tertiary/aromatic N) is 1. The van der Waals surface area contributed by atoms with Crippen molar-refractivity contribution in [1.29, 1.82) is 0 Å². The highest BCUT2D eigenvalue weighted by atomic mass is 35.5. The van der Waals surface area contributed by atoms with Gasteiger partial charge in [-0.1, -0.05) is 0 Å². The van der Waals surface area contributed by atoms with Crippen molar-refractivity contribution in [3.8, 4) is 5.75 Å². The molecule has 0 spiro atoms. The first-order chi connectivity index (χ1) is 6.86. The SMILES string of the molecule is OCc1ccc(OCCCCCl)cn1. The summed E-state index contributed by atoms with van der Waals surface area (Å²) in [5.41, 5.74) is 0.651. The number of rotatable bonds is 6. The summed E-state index contributed by atoms with van der Waals surface area (Å²) in [4.78, 5) is 4.00. The molecule has 1 heterocycles. The molecule has 0 atom stereocenters. The Morgan fingerprint density at radius 2 is 2.21 bits per heavy atom. The van der Waals surface area contributed by atoms with Crippen molar-refractivity contribution in [2.24, 2.45) is 0 Å². The van der Waals surface area contributed by atoms with Crippen LogP contribution in [0.25, 0.3) is 0 Å². The third-order valence-corrected chi connectivity index (χ3v) is 2.02. The van der Waals surface area contributed by atoms with Crippen molar-refractivity contribution in [2.45, 2.75) is 19.4 Å². The van der Waals surface area contributed by atoms with E-state index in [1.807, 2.05) is 0 Å². The molecule has 3 nitrogen and oxygen atoms in total. The zero-order valence-electron chi connectivity index (χ0n) is 7.95. The van der Waals surface area contributed by atoms with Crippen LogP contribution in [-0.2, 0) is 6.61 Å². The number of aliphatic hydroxyl groups is 1. The van der Waals surface area contributed by atoms with E-state index in [0.717, 1.165) is 18.6 Å². The molecule has 4 heteroatoms. The molecule has 1 aromatic heterocycles. The molecule has 1 N–H and O–H groups in total. The molecule has 0 saturated heterocycles. The van der Waals surface area contributed by atoms with E-state index in [-0.39, 0.29) is 6.61 Å². The first-order valence-electron chi connectivity index (χ1n) is 4.61. The summed E-state index contributed by atoms with van der Waals surface area (Å²) in [5.74, 6) is 1.40. The number of hydrogen-bond acceptors (Lipinski definition) is 3. The second-order valence-corrected chi connectivity index (χ2v) is 3.27. The number of hydrogen-bond donors (Lipinski definition) is 1. The summed E-state index contributed by atoms with van der Waals surface area (Å²) in [5, 5.41) is 8.76. The smallest absolute Gasteiger partial charge is 0.137 e. The second kappa shape index (κ2) is 6.62. The lowest BCUT2D eigenvalue weighted by Crippen LogP contribution is -1.98. The highest BCUT2D eigenvalue weighted by molar-refractivity contribution is 6.17. The largest absolute Gasteiger partial charge is 0.492 e. The Labute approximate surface area is 88.7 Å². The summed E-state index contributed by atoms with van der Waals surface area (Å²) >= 11 is 5.53. The monoisotopic (exact) mass is 215 g/mol. The van der Waals surface area contributed by atoms with Crippen LogP contribution in [0.5, 0.6) is 5.75 Å². The van der Waals surface area contributed by atoms with Gasteiger partial charge in [0.05, 0.1) is 25.1 Å². The van der Waals surface area contributed by atoms with E-state index in [2.05, 4.69) is 4.98 Å². The molecule has 1 aromatic rings. The molecule has 78 valence electrons. The number of halogens is 1. The standard InChI is InChI=1S/C10H14ClNO2/c11-5-1-2-6-14-10-4-3-9(8-13)12-7-10/h3-4,7,13H,1-2,5-6,8H2. The Morgan fingerprint density at radius 1 is 1.36 bits per heavy atom. The Hall–Kier alpha value is -0.800. The molecule has 0 radical (unpaired) electrons. The summed E-state index contributed by atoms with van der Waals surface area (Å²) in [7, 11) is 0. The van der Waals surface area contributed by atoms with Crippen molar-refractivity contribution in [3.05, 3.63) is 24.0 Å². The number of alkyl halides is 1. The highest BCUT2D eigenvalue weighted by Crippen LogP contribution is 2.09. The first kappa shape index (κ1) is 11.3. The molecule has 0 aliphatic carbocycles. The molecule has 0 saturated carbocycles. The molecule has 0 fully saturated rings. The second-order valence-electron chi connectivity index (χ2n) is 2.89. The van der Waals surface area contributed by atoms with Crippen LogP contribution in [0, 0.1) is 0 Å². The molecule has 0 aliphatic rings. The quantitative estimate of drug-likeness (QED) is 0.583. The lowest BCUT2D eigenvalue weighted by Gasteiger charge is -2.04. The fraction of sp³-hybridized carbons (Fsp3) is 0.500. The van der Waals surface area contributed by atoms with E-state index < -0.39 is 0 Å². The van der Waals surface area contributed by atoms with Gasteiger partial charge in [-0.25, -0.2) is 0 Å². The number of aliphatic hydroxyl groups excluding tert-OH is 1. The minimum atomic E-state index is -0.0352. The molecule has 0 aromatic carbocycles. The van der Waals surface area contributed by atoms with Crippen molar-refractivity contribution in [2.75, 3.05) is 12.5 Å². The van der Waals surface area contributed by atoms with Gasteiger partial charge in [-0.05, 0) is 25.0 Å².